The summed E-state index contributed by atoms with van der Waals surface area (Å²) in [4.78, 5) is 20.1. The van der Waals surface area contributed by atoms with Crippen molar-refractivity contribution in [3.8, 4) is 0 Å². The topological polar surface area (TPSA) is 57.3 Å². The van der Waals surface area contributed by atoms with Crippen LogP contribution in [0, 0.1) is 6.92 Å². The van der Waals surface area contributed by atoms with Crippen molar-refractivity contribution in [2.24, 2.45) is 0 Å². The van der Waals surface area contributed by atoms with Crippen LogP contribution in [0.5, 0.6) is 0 Å². The van der Waals surface area contributed by atoms with Crippen molar-refractivity contribution in [3.05, 3.63) is 71.5 Å². The predicted octanol–water partition coefficient (Wildman–Crippen LogP) is 3.37. The highest BCUT2D eigenvalue weighted by Gasteiger charge is 2.46. The maximum Gasteiger partial charge on any atom is 0.253 e. The van der Waals surface area contributed by atoms with Gasteiger partial charge in [-0.3, -0.25) is 9.78 Å². The summed E-state index contributed by atoms with van der Waals surface area (Å²) >= 11 is 0. The summed E-state index contributed by atoms with van der Waals surface area (Å²) in [5.74, 6) is -0.0302. The lowest BCUT2D eigenvalue weighted by atomic mass is 9.96. The van der Waals surface area contributed by atoms with Crippen LogP contribution >= 0.6 is 0 Å². The number of nitrogens with zero attached hydrogens (tertiary/aromatic N) is 2. The van der Waals surface area contributed by atoms with Crippen LogP contribution in [0.15, 0.2) is 54.7 Å². The lowest BCUT2D eigenvalue weighted by molar-refractivity contribution is 0.0930. The lowest BCUT2D eigenvalue weighted by Gasteiger charge is -2.29. The fraction of sp³-hybridized carbons (Fsp3) is 0.333. The molecule has 5 rings (SSSR count). The van der Waals surface area contributed by atoms with E-state index in [0.29, 0.717) is 5.56 Å². The fourth-order valence-electron chi connectivity index (χ4n) is 4.36. The number of aromatic nitrogens is 1. The molecule has 148 valence electrons. The molecule has 0 unspecified atom stereocenters. The molecule has 2 heterocycles. The zero-order valence-corrected chi connectivity index (χ0v) is 16.7. The third kappa shape index (κ3) is 3.36. The molecule has 1 amide bonds. The third-order valence-electron chi connectivity index (χ3n) is 6.21. The molecule has 1 aliphatic carbocycles. The van der Waals surface area contributed by atoms with Gasteiger partial charge in [0.15, 0.2) is 0 Å². The number of hydrogen-bond acceptors (Lipinski definition) is 4. The second-order valence-electron chi connectivity index (χ2n) is 8.13. The van der Waals surface area contributed by atoms with Gasteiger partial charge in [-0.05, 0) is 42.2 Å². The summed E-state index contributed by atoms with van der Waals surface area (Å²) in [6, 6.07) is 16.8. The van der Waals surface area contributed by atoms with Crippen LogP contribution in [0.3, 0.4) is 0 Å². The van der Waals surface area contributed by atoms with Gasteiger partial charge in [-0.15, -0.1) is 0 Å². The number of rotatable bonds is 4. The third-order valence-corrected chi connectivity index (χ3v) is 6.21. The Bertz CT molecular complexity index is 1060. The Morgan fingerprint density at radius 2 is 1.86 bits per heavy atom. The molecular weight excluding hydrogens is 360 g/mol. The number of anilines is 1. The van der Waals surface area contributed by atoms with Crippen LogP contribution in [0.4, 0.5) is 5.69 Å². The van der Waals surface area contributed by atoms with Crippen LogP contribution in [-0.4, -0.2) is 37.1 Å². The summed E-state index contributed by atoms with van der Waals surface area (Å²) in [5.41, 5.74) is 3.42. The predicted molar refractivity (Wildman–Crippen MR) is 116 cm³/mol. The highest BCUT2D eigenvalue weighted by Crippen LogP contribution is 2.48. The minimum absolute atomic E-state index is 0.0302. The molecule has 29 heavy (non-hydrogen) atoms. The smallest absolute Gasteiger partial charge is 0.253 e. The quantitative estimate of drug-likeness (QED) is 0.722. The van der Waals surface area contributed by atoms with Crippen molar-refractivity contribution in [1.29, 1.82) is 0 Å². The van der Waals surface area contributed by atoms with E-state index < -0.39 is 0 Å². The lowest BCUT2D eigenvalue weighted by Crippen LogP contribution is -2.43. The van der Waals surface area contributed by atoms with E-state index in [-0.39, 0.29) is 11.4 Å². The van der Waals surface area contributed by atoms with Crippen molar-refractivity contribution < 1.29 is 4.79 Å². The number of aryl methyl sites for hydroxylation is 1. The second-order valence-corrected chi connectivity index (χ2v) is 8.13. The Balaban J connectivity index is 1.44. The Morgan fingerprint density at radius 3 is 2.66 bits per heavy atom. The molecule has 1 aromatic heterocycles. The van der Waals surface area contributed by atoms with Gasteiger partial charge >= 0.3 is 0 Å². The molecule has 0 atom stereocenters. The van der Waals surface area contributed by atoms with Gasteiger partial charge in [-0.1, -0.05) is 42.5 Å². The number of hydrogen-bond donors (Lipinski definition) is 2. The maximum absolute atomic E-state index is 13.3. The zero-order chi connectivity index (χ0) is 19.8. The van der Waals surface area contributed by atoms with Gasteiger partial charge < -0.3 is 15.5 Å². The first-order chi connectivity index (χ1) is 14.2. The van der Waals surface area contributed by atoms with Crippen LogP contribution in [0.2, 0.25) is 0 Å². The Hall–Kier alpha value is -2.92. The second kappa shape index (κ2) is 7.16. The number of fused-ring (bicyclic) bond motifs is 1. The monoisotopic (exact) mass is 386 g/mol. The Morgan fingerprint density at radius 1 is 1.10 bits per heavy atom. The molecule has 1 saturated carbocycles. The van der Waals surface area contributed by atoms with Crippen LogP contribution in [0.25, 0.3) is 10.8 Å². The van der Waals surface area contributed by atoms with Crippen molar-refractivity contribution in [1.82, 2.24) is 15.6 Å². The minimum atomic E-state index is -0.268. The van der Waals surface area contributed by atoms with E-state index in [1.54, 1.807) is 0 Å². The molecule has 5 heteroatoms. The van der Waals surface area contributed by atoms with Crippen molar-refractivity contribution in [3.63, 3.8) is 0 Å². The number of carbonyl (C=O) groups is 1. The van der Waals surface area contributed by atoms with E-state index >= 15 is 0 Å². The number of amides is 1. The number of piperazine rings is 1. The molecule has 0 spiro atoms. The summed E-state index contributed by atoms with van der Waals surface area (Å²) in [7, 11) is 0. The summed E-state index contributed by atoms with van der Waals surface area (Å²) in [6.45, 7) is 5.70. The van der Waals surface area contributed by atoms with Gasteiger partial charge in [0.05, 0.1) is 28.7 Å². The van der Waals surface area contributed by atoms with E-state index in [9.17, 15) is 4.79 Å². The Kier molecular flexibility index (Phi) is 4.47. The zero-order valence-electron chi connectivity index (χ0n) is 16.7. The SMILES string of the molecule is Cc1ncc(N2CCNCC2)cc1C(=O)NC1(c2cccc3ccccc23)CC1. The standard InChI is InChI=1S/C24H26N4O/c1-17-21(15-19(16-26-17)28-13-11-25-12-14-28)23(29)27-24(9-10-24)22-8-4-6-18-5-2-3-7-20(18)22/h2-8,15-16,25H,9-14H2,1H3,(H,27,29). The molecule has 5 nitrogen and oxygen atoms in total. The Labute approximate surface area is 171 Å². The van der Waals surface area contributed by atoms with Gasteiger partial charge in [0, 0.05) is 26.2 Å². The average Bonchev–Trinajstić information content (AvgIpc) is 3.54. The van der Waals surface area contributed by atoms with Crippen LogP contribution in [-0.2, 0) is 5.54 Å². The summed E-state index contributed by atoms with van der Waals surface area (Å²) in [6.07, 6.45) is 3.82. The van der Waals surface area contributed by atoms with Crippen LogP contribution in [0.1, 0.15) is 34.5 Å². The van der Waals surface area contributed by atoms with Crippen molar-refractivity contribution in [2.45, 2.75) is 25.3 Å². The average molecular weight is 386 g/mol. The van der Waals surface area contributed by atoms with E-state index in [2.05, 4.69) is 63.0 Å². The molecule has 2 aliphatic rings. The largest absolute Gasteiger partial charge is 0.368 e. The van der Waals surface area contributed by atoms with E-state index in [1.807, 2.05) is 19.2 Å². The normalized spacial score (nSPS) is 17.9. The first kappa shape index (κ1) is 18.1. The molecule has 0 radical (unpaired) electrons. The molecular formula is C24H26N4O. The molecule has 0 bridgehead atoms. The van der Waals surface area contributed by atoms with Gasteiger partial charge in [0.2, 0.25) is 0 Å². The van der Waals surface area contributed by atoms with Gasteiger partial charge in [0.25, 0.3) is 5.91 Å². The fourth-order valence-corrected chi connectivity index (χ4v) is 4.36. The highest BCUT2D eigenvalue weighted by atomic mass is 16.1. The number of benzene rings is 2. The van der Waals surface area contributed by atoms with Crippen molar-refractivity contribution >= 4 is 22.4 Å². The molecule has 1 saturated heterocycles. The first-order valence-electron chi connectivity index (χ1n) is 10.4. The molecule has 3 aromatic rings. The van der Waals surface area contributed by atoms with Gasteiger partial charge in [-0.2, -0.15) is 0 Å². The molecule has 2 fully saturated rings. The summed E-state index contributed by atoms with van der Waals surface area (Å²) < 4.78 is 0. The number of carbonyl (C=O) groups excluding carboxylic acids is 1. The summed E-state index contributed by atoms with van der Waals surface area (Å²) in [5, 5.41) is 9.15. The van der Waals surface area contributed by atoms with E-state index in [4.69, 9.17) is 0 Å². The van der Waals surface area contributed by atoms with Gasteiger partial charge in [-0.25, -0.2) is 0 Å². The maximum atomic E-state index is 13.3. The van der Waals surface area contributed by atoms with E-state index in [1.165, 1.54) is 16.3 Å². The molecule has 2 N–H and O–H groups in total. The van der Waals surface area contributed by atoms with Crippen LogP contribution < -0.4 is 15.5 Å². The molecule has 1 aliphatic heterocycles. The minimum Gasteiger partial charge on any atom is -0.368 e. The van der Waals surface area contributed by atoms with Crippen molar-refractivity contribution in [2.75, 3.05) is 31.1 Å². The number of pyridine rings is 1. The molecule has 2 aromatic carbocycles. The first-order valence-corrected chi connectivity index (χ1v) is 10.4. The number of nitrogens with one attached hydrogen (secondary N) is 2. The highest BCUT2D eigenvalue weighted by molar-refractivity contribution is 5.97. The van der Waals surface area contributed by atoms with Gasteiger partial charge in [0.1, 0.15) is 0 Å². The van der Waals surface area contributed by atoms with E-state index in [0.717, 1.165) is 50.4 Å².